The summed E-state index contributed by atoms with van der Waals surface area (Å²) in [5, 5.41) is 5.07. The van der Waals surface area contributed by atoms with Crippen molar-refractivity contribution < 1.29 is 8.42 Å². The molecule has 1 fully saturated rings. The SMILES string of the molecule is CC1CN(C(=S)NCCc2ccccc2)C(=Nc2cccc(S(=O)(=O)N(C)C)c2)S1. The molecule has 0 bridgehead atoms. The first kappa shape index (κ1) is 22.7. The van der Waals surface area contributed by atoms with Crippen molar-refractivity contribution in [3.8, 4) is 0 Å². The number of sulfonamides is 1. The molecule has 1 heterocycles. The molecule has 9 heteroatoms. The van der Waals surface area contributed by atoms with Crippen molar-refractivity contribution in [1.82, 2.24) is 14.5 Å². The van der Waals surface area contributed by atoms with Gasteiger partial charge in [-0.2, -0.15) is 0 Å². The molecule has 1 unspecified atom stereocenters. The second-order valence-electron chi connectivity index (χ2n) is 7.19. The van der Waals surface area contributed by atoms with Crippen LogP contribution >= 0.6 is 24.0 Å². The summed E-state index contributed by atoms with van der Waals surface area (Å²) in [4.78, 5) is 6.92. The van der Waals surface area contributed by atoms with Crippen LogP contribution in [0.25, 0.3) is 0 Å². The fourth-order valence-electron chi connectivity index (χ4n) is 2.96. The fraction of sp³-hybridized carbons (Fsp3) is 0.333. The van der Waals surface area contributed by atoms with Crippen molar-refractivity contribution in [2.75, 3.05) is 27.2 Å². The van der Waals surface area contributed by atoms with Gasteiger partial charge in [0.1, 0.15) is 0 Å². The Labute approximate surface area is 188 Å². The number of hydrogen-bond acceptors (Lipinski definition) is 5. The standard InChI is InChI=1S/C21H26N4O2S3/c1-16-15-25(20(28)22-13-12-17-8-5-4-6-9-17)21(29-16)23-18-10-7-11-19(14-18)30(26,27)24(2)3/h4-11,14,16H,12-13,15H2,1-3H3,(H,22,28). The fourth-order valence-corrected chi connectivity index (χ4v) is 5.26. The smallest absolute Gasteiger partial charge is 0.242 e. The Morgan fingerprint density at radius 2 is 1.97 bits per heavy atom. The summed E-state index contributed by atoms with van der Waals surface area (Å²) in [6.07, 6.45) is 0.883. The average Bonchev–Trinajstić information content (AvgIpc) is 3.09. The molecule has 1 aliphatic heterocycles. The van der Waals surface area contributed by atoms with E-state index in [0.717, 1.165) is 24.7 Å². The number of hydrogen-bond donors (Lipinski definition) is 1. The zero-order chi connectivity index (χ0) is 21.7. The molecular weight excluding hydrogens is 436 g/mol. The highest BCUT2D eigenvalue weighted by Crippen LogP contribution is 2.29. The lowest BCUT2D eigenvalue weighted by atomic mass is 10.1. The van der Waals surface area contributed by atoms with Gasteiger partial charge in [-0.3, -0.25) is 4.90 Å². The quantitative estimate of drug-likeness (QED) is 0.663. The number of rotatable bonds is 6. The van der Waals surface area contributed by atoms with Crippen LogP contribution < -0.4 is 5.32 Å². The molecule has 1 N–H and O–H groups in total. The van der Waals surface area contributed by atoms with Crippen LogP contribution in [0.15, 0.2) is 64.5 Å². The van der Waals surface area contributed by atoms with E-state index >= 15 is 0 Å². The Bertz CT molecular complexity index is 1020. The zero-order valence-electron chi connectivity index (χ0n) is 17.3. The number of nitrogens with one attached hydrogen (secondary N) is 1. The van der Waals surface area contributed by atoms with Crippen LogP contribution in [0.1, 0.15) is 12.5 Å². The molecule has 1 saturated heterocycles. The molecule has 0 saturated carbocycles. The predicted octanol–water partition coefficient (Wildman–Crippen LogP) is 3.48. The minimum atomic E-state index is -3.51. The first-order valence-corrected chi connectivity index (χ1v) is 12.4. The van der Waals surface area contributed by atoms with Crippen molar-refractivity contribution in [2.24, 2.45) is 4.99 Å². The highest BCUT2D eigenvalue weighted by atomic mass is 32.2. The summed E-state index contributed by atoms with van der Waals surface area (Å²) in [6.45, 7) is 3.62. The first-order chi connectivity index (χ1) is 14.3. The molecule has 1 atom stereocenters. The third-order valence-electron chi connectivity index (χ3n) is 4.58. The molecule has 2 aromatic rings. The molecule has 1 aliphatic rings. The maximum atomic E-state index is 12.4. The maximum Gasteiger partial charge on any atom is 0.242 e. The molecule has 2 aromatic carbocycles. The van der Waals surface area contributed by atoms with Gasteiger partial charge >= 0.3 is 0 Å². The Hall–Kier alpha value is -1.94. The molecule has 0 amide bonds. The highest BCUT2D eigenvalue weighted by molar-refractivity contribution is 8.14. The summed E-state index contributed by atoms with van der Waals surface area (Å²) >= 11 is 7.25. The van der Waals surface area contributed by atoms with E-state index in [4.69, 9.17) is 17.2 Å². The summed E-state index contributed by atoms with van der Waals surface area (Å²) < 4.78 is 26.0. The van der Waals surface area contributed by atoms with Crippen LogP contribution in [0, 0.1) is 0 Å². The second-order valence-corrected chi connectivity index (χ2v) is 11.1. The average molecular weight is 463 g/mol. The van der Waals surface area contributed by atoms with Gasteiger partial charge in [0.2, 0.25) is 10.0 Å². The minimum Gasteiger partial charge on any atom is -0.362 e. The molecule has 6 nitrogen and oxygen atoms in total. The Morgan fingerprint density at radius 3 is 2.67 bits per heavy atom. The molecule has 30 heavy (non-hydrogen) atoms. The molecule has 3 rings (SSSR count). The Kier molecular flexibility index (Phi) is 7.51. The van der Waals surface area contributed by atoms with E-state index in [0.29, 0.717) is 16.0 Å². The molecule has 0 aliphatic carbocycles. The molecular formula is C21H26N4O2S3. The normalized spacial score (nSPS) is 18.2. The van der Waals surface area contributed by atoms with Gasteiger partial charge < -0.3 is 5.32 Å². The largest absolute Gasteiger partial charge is 0.362 e. The van der Waals surface area contributed by atoms with Gasteiger partial charge in [-0.15, -0.1) is 0 Å². The lowest BCUT2D eigenvalue weighted by molar-refractivity contribution is 0.521. The van der Waals surface area contributed by atoms with Crippen LogP contribution in [0.5, 0.6) is 0 Å². The number of benzene rings is 2. The van der Waals surface area contributed by atoms with Crippen molar-refractivity contribution in [1.29, 1.82) is 0 Å². The number of amidine groups is 1. The molecule has 0 radical (unpaired) electrons. The summed E-state index contributed by atoms with van der Waals surface area (Å²) in [6, 6.07) is 16.9. The Morgan fingerprint density at radius 1 is 1.23 bits per heavy atom. The van der Waals surface area contributed by atoms with Crippen molar-refractivity contribution in [2.45, 2.75) is 23.5 Å². The summed E-state index contributed by atoms with van der Waals surface area (Å²) in [5.74, 6) is 0. The third-order valence-corrected chi connectivity index (χ3v) is 7.83. The van der Waals surface area contributed by atoms with Gasteiger partial charge in [0.25, 0.3) is 0 Å². The van der Waals surface area contributed by atoms with Gasteiger partial charge in [-0.05, 0) is 42.4 Å². The van der Waals surface area contributed by atoms with E-state index in [1.165, 1.54) is 24.0 Å². The number of aliphatic imine (C=N–C) groups is 1. The van der Waals surface area contributed by atoms with Gasteiger partial charge in [0.15, 0.2) is 10.3 Å². The number of thiocarbonyl (C=S) groups is 1. The third kappa shape index (κ3) is 5.60. The van der Waals surface area contributed by atoms with Crippen molar-refractivity contribution >= 4 is 50.0 Å². The van der Waals surface area contributed by atoms with Gasteiger partial charge in [-0.1, -0.05) is 55.1 Å². The summed E-state index contributed by atoms with van der Waals surface area (Å²) in [7, 11) is -0.471. The predicted molar refractivity (Wildman–Crippen MR) is 129 cm³/mol. The maximum absolute atomic E-state index is 12.4. The zero-order valence-corrected chi connectivity index (χ0v) is 19.7. The van der Waals surface area contributed by atoms with E-state index in [1.807, 2.05) is 23.1 Å². The van der Waals surface area contributed by atoms with Gasteiger partial charge in [0, 0.05) is 32.4 Å². The minimum absolute atomic E-state index is 0.223. The van der Waals surface area contributed by atoms with E-state index in [-0.39, 0.29) is 4.90 Å². The lowest BCUT2D eigenvalue weighted by Crippen LogP contribution is -2.41. The molecule has 0 spiro atoms. The van der Waals surface area contributed by atoms with Crippen LogP contribution in [0.2, 0.25) is 0 Å². The molecule has 0 aromatic heterocycles. The van der Waals surface area contributed by atoms with E-state index in [9.17, 15) is 8.42 Å². The number of nitrogens with zero attached hydrogens (tertiary/aromatic N) is 3. The first-order valence-electron chi connectivity index (χ1n) is 9.64. The van der Waals surface area contributed by atoms with Crippen molar-refractivity contribution in [3.05, 3.63) is 60.2 Å². The van der Waals surface area contributed by atoms with Gasteiger partial charge in [0.05, 0.1) is 10.6 Å². The van der Waals surface area contributed by atoms with Crippen LogP contribution in [-0.4, -0.2) is 60.3 Å². The Balaban J connectivity index is 1.72. The van der Waals surface area contributed by atoms with Gasteiger partial charge in [-0.25, -0.2) is 17.7 Å². The van der Waals surface area contributed by atoms with E-state index in [2.05, 4.69) is 24.4 Å². The lowest BCUT2D eigenvalue weighted by Gasteiger charge is -2.20. The van der Waals surface area contributed by atoms with E-state index in [1.54, 1.807) is 36.0 Å². The van der Waals surface area contributed by atoms with E-state index < -0.39 is 10.0 Å². The number of thioether (sulfide) groups is 1. The monoisotopic (exact) mass is 462 g/mol. The van der Waals surface area contributed by atoms with Crippen LogP contribution in [0.4, 0.5) is 5.69 Å². The van der Waals surface area contributed by atoms with Crippen molar-refractivity contribution in [3.63, 3.8) is 0 Å². The summed E-state index contributed by atoms with van der Waals surface area (Å²) in [5.41, 5.74) is 1.84. The topological polar surface area (TPSA) is 65.0 Å². The van der Waals surface area contributed by atoms with Crippen LogP contribution in [-0.2, 0) is 16.4 Å². The molecule has 160 valence electrons. The van der Waals surface area contributed by atoms with Crippen LogP contribution in [0.3, 0.4) is 0 Å². The second kappa shape index (κ2) is 9.91. The highest BCUT2D eigenvalue weighted by Gasteiger charge is 2.29.